The second kappa shape index (κ2) is 12.0. The predicted octanol–water partition coefficient (Wildman–Crippen LogP) is 9.98. The third-order valence-electron chi connectivity index (χ3n) is 8.32. The summed E-state index contributed by atoms with van der Waals surface area (Å²) in [5.41, 5.74) is 0.787. The molecule has 2 aromatic carbocycles. The van der Waals surface area contributed by atoms with Crippen molar-refractivity contribution in [2.75, 3.05) is 0 Å². The molecule has 0 radical (unpaired) electrons. The third kappa shape index (κ3) is 7.84. The van der Waals surface area contributed by atoms with Gasteiger partial charge in [-0.1, -0.05) is 51.2 Å². The Morgan fingerprint density at radius 2 is 1.19 bits per heavy atom. The third-order valence-corrected chi connectivity index (χ3v) is 8.32. The van der Waals surface area contributed by atoms with Gasteiger partial charge < -0.3 is 9.47 Å². The van der Waals surface area contributed by atoms with E-state index in [1.165, 1.54) is 69.9 Å². The summed E-state index contributed by atoms with van der Waals surface area (Å²) < 4.78 is 74.8. The maximum absolute atomic E-state index is 14.7. The Bertz CT molecular complexity index is 955. The van der Waals surface area contributed by atoms with Crippen molar-refractivity contribution in [1.29, 1.82) is 0 Å². The Labute approximate surface area is 216 Å². The molecule has 2 aliphatic carbocycles. The lowest BCUT2D eigenvalue weighted by Gasteiger charge is -2.38. The first-order valence-electron chi connectivity index (χ1n) is 13.7. The summed E-state index contributed by atoms with van der Waals surface area (Å²) in [6.07, 6.45) is 5.68. The Kier molecular flexibility index (Phi) is 9.02. The van der Waals surface area contributed by atoms with E-state index in [4.69, 9.17) is 4.74 Å². The minimum atomic E-state index is -4.85. The van der Waals surface area contributed by atoms with E-state index in [9.17, 15) is 22.0 Å². The number of rotatable bonds is 9. The molecule has 0 aliphatic heterocycles. The second-order valence-electron chi connectivity index (χ2n) is 10.8. The quantitative estimate of drug-likeness (QED) is 0.304. The summed E-state index contributed by atoms with van der Waals surface area (Å²) >= 11 is 0. The molecule has 2 aromatic rings. The van der Waals surface area contributed by atoms with E-state index < -0.39 is 18.2 Å². The SMILES string of the molecule is CCCC[C@H]1CC[C@H]([C@H]2CC[C@H](c3ccc(C(F)(F)Oc4ccc(OC(F)(F)F)cc4)cc3)CC2)CC1. The van der Waals surface area contributed by atoms with Gasteiger partial charge in [-0.15, -0.1) is 13.2 Å². The summed E-state index contributed by atoms with van der Waals surface area (Å²) in [6, 6.07) is 10.2. The van der Waals surface area contributed by atoms with Crippen LogP contribution in [0, 0.1) is 17.8 Å². The van der Waals surface area contributed by atoms with E-state index in [0.717, 1.165) is 60.4 Å². The molecular formula is C30H37F5O2. The fourth-order valence-corrected chi connectivity index (χ4v) is 6.23. The van der Waals surface area contributed by atoms with E-state index in [0.29, 0.717) is 5.92 Å². The van der Waals surface area contributed by atoms with E-state index >= 15 is 0 Å². The van der Waals surface area contributed by atoms with Crippen molar-refractivity contribution in [3.63, 3.8) is 0 Å². The Balaban J connectivity index is 1.27. The number of alkyl halides is 5. The molecule has 0 spiro atoms. The lowest BCUT2D eigenvalue weighted by atomic mass is 9.68. The van der Waals surface area contributed by atoms with Gasteiger partial charge in [-0.05, 0) is 104 Å². The Morgan fingerprint density at radius 1 is 0.676 bits per heavy atom. The summed E-state index contributed by atoms with van der Waals surface area (Å²) in [6.45, 7) is 2.26. The monoisotopic (exact) mass is 524 g/mol. The van der Waals surface area contributed by atoms with Crippen LogP contribution in [0.2, 0.25) is 0 Å². The van der Waals surface area contributed by atoms with Gasteiger partial charge >= 0.3 is 12.5 Å². The fraction of sp³-hybridized carbons (Fsp3) is 0.600. The van der Waals surface area contributed by atoms with Gasteiger partial charge in [0.25, 0.3) is 0 Å². The molecule has 0 N–H and O–H groups in total. The van der Waals surface area contributed by atoms with Crippen LogP contribution in [0.15, 0.2) is 48.5 Å². The Hall–Kier alpha value is -2.31. The zero-order valence-corrected chi connectivity index (χ0v) is 21.4. The van der Waals surface area contributed by atoms with Crippen molar-refractivity contribution in [3.8, 4) is 11.5 Å². The minimum absolute atomic E-state index is 0.249. The smallest absolute Gasteiger partial charge is 0.429 e. The van der Waals surface area contributed by atoms with Crippen LogP contribution in [0.3, 0.4) is 0 Å². The van der Waals surface area contributed by atoms with Crippen LogP contribution in [-0.2, 0) is 6.11 Å². The number of unbranched alkanes of at least 4 members (excludes halogenated alkanes) is 1. The van der Waals surface area contributed by atoms with Crippen LogP contribution in [-0.4, -0.2) is 6.36 Å². The first-order chi connectivity index (χ1) is 17.6. The molecule has 204 valence electrons. The van der Waals surface area contributed by atoms with E-state index in [1.807, 2.05) is 0 Å². The highest BCUT2D eigenvalue weighted by molar-refractivity contribution is 5.33. The molecular weight excluding hydrogens is 487 g/mol. The average Bonchev–Trinajstić information content (AvgIpc) is 2.88. The van der Waals surface area contributed by atoms with Crippen LogP contribution in [0.5, 0.6) is 11.5 Å². The molecule has 0 amide bonds. The molecule has 4 rings (SSSR count). The van der Waals surface area contributed by atoms with Crippen molar-refractivity contribution in [2.45, 2.75) is 95.9 Å². The number of ether oxygens (including phenoxy) is 2. The van der Waals surface area contributed by atoms with E-state index in [2.05, 4.69) is 11.7 Å². The zero-order valence-electron chi connectivity index (χ0n) is 21.4. The lowest BCUT2D eigenvalue weighted by molar-refractivity contribution is -0.274. The molecule has 2 saturated carbocycles. The summed E-state index contributed by atoms with van der Waals surface area (Å²) in [5.74, 6) is 2.22. The summed E-state index contributed by atoms with van der Waals surface area (Å²) in [5, 5.41) is 0. The number of hydrogen-bond acceptors (Lipinski definition) is 2. The Morgan fingerprint density at radius 3 is 1.70 bits per heavy atom. The van der Waals surface area contributed by atoms with Gasteiger partial charge in [0.2, 0.25) is 0 Å². The molecule has 0 saturated heterocycles. The lowest BCUT2D eigenvalue weighted by Crippen LogP contribution is -2.25. The molecule has 37 heavy (non-hydrogen) atoms. The zero-order chi connectivity index (χ0) is 26.5. The highest BCUT2D eigenvalue weighted by Crippen LogP contribution is 2.45. The average molecular weight is 525 g/mol. The summed E-state index contributed by atoms with van der Waals surface area (Å²) in [7, 11) is 0. The van der Waals surface area contributed by atoms with Crippen LogP contribution in [0.25, 0.3) is 0 Å². The van der Waals surface area contributed by atoms with Crippen molar-refractivity contribution >= 4 is 0 Å². The van der Waals surface area contributed by atoms with Crippen molar-refractivity contribution in [2.24, 2.45) is 17.8 Å². The topological polar surface area (TPSA) is 18.5 Å². The number of benzene rings is 2. The molecule has 0 heterocycles. The highest BCUT2D eigenvalue weighted by Gasteiger charge is 2.36. The molecule has 7 heteroatoms. The largest absolute Gasteiger partial charge is 0.573 e. The number of hydrogen-bond donors (Lipinski definition) is 0. The van der Waals surface area contributed by atoms with Crippen molar-refractivity contribution < 1.29 is 31.4 Å². The van der Waals surface area contributed by atoms with Gasteiger partial charge in [-0.25, -0.2) is 0 Å². The van der Waals surface area contributed by atoms with Gasteiger partial charge in [0.05, 0.1) is 5.56 Å². The van der Waals surface area contributed by atoms with Crippen LogP contribution in [0.4, 0.5) is 22.0 Å². The normalized spacial score (nSPS) is 25.0. The first-order valence-corrected chi connectivity index (χ1v) is 13.7. The van der Waals surface area contributed by atoms with E-state index in [-0.39, 0.29) is 11.3 Å². The van der Waals surface area contributed by atoms with Gasteiger partial charge in [-0.3, -0.25) is 0 Å². The maximum atomic E-state index is 14.7. The van der Waals surface area contributed by atoms with Gasteiger partial charge in [0, 0.05) is 0 Å². The van der Waals surface area contributed by atoms with Gasteiger partial charge in [-0.2, -0.15) is 8.78 Å². The van der Waals surface area contributed by atoms with Gasteiger partial charge in [0.15, 0.2) is 0 Å². The van der Waals surface area contributed by atoms with Crippen LogP contribution in [0.1, 0.15) is 94.6 Å². The molecule has 2 nitrogen and oxygen atoms in total. The summed E-state index contributed by atoms with van der Waals surface area (Å²) in [4.78, 5) is 0. The fourth-order valence-electron chi connectivity index (χ4n) is 6.23. The number of halogens is 5. The van der Waals surface area contributed by atoms with Crippen molar-refractivity contribution in [1.82, 2.24) is 0 Å². The molecule has 2 aliphatic rings. The molecule has 0 bridgehead atoms. The standard InChI is InChI=1S/C30H37F5O2/c1-2-3-4-21-5-7-22(8-6-21)23-9-11-24(12-10-23)25-13-15-26(16-14-25)29(31,32)36-27-17-19-28(20-18-27)37-30(33,34)35/h13-24H,2-12H2,1H3/t21-,22-,23-,24-. The predicted molar refractivity (Wildman–Crippen MR) is 134 cm³/mol. The van der Waals surface area contributed by atoms with Crippen LogP contribution < -0.4 is 9.47 Å². The molecule has 0 unspecified atom stereocenters. The highest BCUT2D eigenvalue weighted by atomic mass is 19.4. The van der Waals surface area contributed by atoms with Gasteiger partial charge in [0.1, 0.15) is 11.5 Å². The maximum Gasteiger partial charge on any atom is 0.573 e. The molecule has 0 atom stereocenters. The molecule has 0 aromatic heterocycles. The molecule has 2 fully saturated rings. The second-order valence-corrected chi connectivity index (χ2v) is 10.8. The minimum Gasteiger partial charge on any atom is -0.429 e. The van der Waals surface area contributed by atoms with Crippen LogP contribution >= 0.6 is 0 Å². The first kappa shape index (κ1) is 27.7. The van der Waals surface area contributed by atoms with E-state index in [1.54, 1.807) is 12.1 Å². The van der Waals surface area contributed by atoms with Crippen molar-refractivity contribution in [3.05, 3.63) is 59.7 Å².